The van der Waals surface area contributed by atoms with Crippen LogP contribution in [0, 0.1) is 11.2 Å². The first-order valence-electron chi connectivity index (χ1n) is 5.91. The van der Waals surface area contributed by atoms with Gasteiger partial charge in [0, 0.05) is 18.7 Å². The number of nitrogens with zero attached hydrogens (tertiary/aromatic N) is 1. The first-order chi connectivity index (χ1) is 9.24. The Hall–Kier alpha value is -2.05. The minimum atomic E-state index is -2.93. The highest BCUT2D eigenvalue weighted by Gasteiger charge is 2.46. The van der Waals surface area contributed by atoms with Gasteiger partial charge in [-0.15, -0.1) is 0 Å². The highest BCUT2D eigenvalue weighted by atomic mass is 19.3. The maximum absolute atomic E-state index is 13.4. The monoisotopic (exact) mass is 286 g/mol. The molecule has 0 atom stereocenters. The van der Waals surface area contributed by atoms with Gasteiger partial charge in [0.1, 0.15) is 5.82 Å². The van der Waals surface area contributed by atoms with Gasteiger partial charge in [0.15, 0.2) is 0 Å². The number of alkyl halides is 2. The third-order valence-electron chi connectivity index (χ3n) is 3.44. The van der Waals surface area contributed by atoms with E-state index in [1.54, 1.807) is 6.92 Å². The van der Waals surface area contributed by atoms with E-state index in [1.807, 2.05) is 0 Å². The number of carbonyl (C=O) groups excluding carboxylic acids is 2. The Morgan fingerprint density at radius 3 is 2.40 bits per heavy atom. The van der Waals surface area contributed by atoms with E-state index in [0.29, 0.717) is 0 Å². The lowest BCUT2D eigenvalue weighted by Gasteiger charge is -2.45. The molecule has 0 radical (unpaired) electrons. The molecule has 1 aromatic rings. The van der Waals surface area contributed by atoms with E-state index >= 15 is 0 Å². The molecule has 2 rings (SSSR count). The molecule has 4 nitrogen and oxygen atoms in total. The Balaban J connectivity index is 2.12. The zero-order valence-electron chi connectivity index (χ0n) is 10.7. The quantitative estimate of drug-likeness (QED) is 0.919. The number of hydrogen-bond acceptors (Lipinski definition) is 2. The van der Waals surface area contributed by atoms with Crippen molar-refractivity contribution in [3.8, 4) is 0 Å². The number of nitrogens with two attached hydrogens (primary N) is 1. The van der Waals surface area contributed by atoms with Crippen LogP contribution in [0.15, 0.2) is 18.2 Å². The Kier molecular flexibility index (Phi) is 3.45. The fraction of sp³-hybridized carbons (Fsp3) is 0.385. The van der Waals surface area contributed by atoms with Crippen molar-refractivity contribution >= 4 is 11.8 Å². The molecular formula is C13H13F3N2O2. The lowest BCUT2D eigenvalue weighted by atomic mass is 9.81. The van der Waals surface area contributed by atoms with Gasteiger partial charge >= 0.3 is 0 Å². The first-order valence-corrected chi connectivity index (χ1v) is 5.91. The zero-order chi connectivity index (χ0) is 15.1. The molecule has 1 aliphatic rings. The van der Waals surface area contributed by atoms with Gasteiger partial charge in [0.05, 0.1) is 11.0 Å². The van der Waals surface area contributed by atoms with E-state index in [1.165, 1.54) is 4.90 Å². The van der Waals surface area contributed by atoms with Gasteiger partial charge in [-0.05, 0) is 25.1 Å². The van der Waals surface area contributed by atoms with Crippen LogP contribution in [0.1, 0.15) is 29.3 Å². The Bertz CT molecular complexity index is 569. The number of halogens is 3. The lowest BCUT2D eigenvalue weighted by Crippen LogP contribution is -2.62. The summed E-state index contributed by atoms with van der Waals surface area (Å²) in [6.07, 6.45) is -2.93. The second-order valence-electron chi connectivity index (χ2n) is 5.12. The second-order valence-corrected chi connectivity index (χ2v) is 5.12. The van der Waals surface area contributed by atoms with Crippen molar-refractivity contribution in [3.05, 3.63) is 35.1 Å². The zero-order valence-corrected chi connectivity index (χ0v) is 10.7. The van der Waals surface area contributed by atoms with Gasteiger partial charge in [0.25, 0.3) is 12.3 Å². The lowest BCUT2D eigenvalue weighted by molar-refractivity contribution is -0.134. The standard InChI is InChI=1S/C13H13F3N2O2/c1-13(12(17)20)5-18(6-13)11(19)7-2-3-8(10(15)16)9(14)4-7/h2-4,10H,5-6H2,1H3,(H2,17,20). The molecule has 0 unspecified atom stereocenters. The Morgan fingerprint density at radius 1 is 1.35 bits per heavy atom. The summed E-state index contributed by atoms with van der Waals surface area (Å²) in [5.74, 6) is -2.15. The minimum absolute atomic E-state index is 0.0292. The fourth-order valence-electron chi connectivity index (χ4n) is 2.12. The summed E-state index contributed by atoms with van der Waals surface area (Å²) in [5.41, 5.74) is 3.64. The smallest absolute Gasteiger partial charge is 0.266 e. The molecule has 1 fully saturated rings. The number of hydrogen-bond donors (Lipinski definition) is 1. The molecule has 1 aliphatic heterocycles. The Labute approximate surface area is 113 Å². The van der Waals surface area contributed by atoms with Crippen LogP contribution in [0.25, 0.3) is 0 Å². The molecule has 108 valence electrons. The van der Waals surface area contributed by atoms with Crippen LogP contribution in [-0.2, 0) is 4.79 Å². The number of amides is 2. The molecule has 0 bridgehead atoms. The maximum Gasteiger partial charge on any atom is 0.266 e. The van der Waals surface area contributed by atoms with E-state index in [4.69, 9.17) is 5.73 Å². The van der Waals surface area contributed by atoms with Crippen molar-refractivity contribution in [1.29, 1.82) is 0 Å². The van der Waals surface area contributed by atoms with Crippen LogP contribution in [-0.4, -0.2) is 29.8 Å². The summed E-state index contributed by atoms with van der Waals surface area (Å²) in [7, 11) is 0. The minimum Gasteiger partial charge on any atom is -0.369 e. The molecule has 1 heterocycles. The second kappa shape index (κ2) is 4.81. The van der Waals surface area contributed by atoms with E-state index in [0.717, 1.165) is 18.2 Å². The normalized spacial score (nSPS) is 16.9. The molecule has 0 aromatic heterocycles. The Morgan fingerprint density at radius 2 is 1.95 bits per heavy atom. The predicted octanol–water partition coefficient (Wildman–Crippen LogP) is 1.71. The van der Waals surface area contributed by atoms with Crippen LogP contribution < -0.4 is 5.73 Å². The molecule has 20 heavy (non-hydrogen) atoms. The topological polar surface area (TPSA) is 63.4 Å². The van der Waals surface area contributed by atoms with Crippen LogP contribution in [0.5, 0.6) is 0 Å². The maximum atomic E-state index is 13.4. The summed E-state index contributed by atoms with van der Waals surface area (Å²) in [4.78, 5) is 24.4. The van der Waals surface area contributed by atoms with Crippen molar-refractivity contribution in [2.45, 2.75) is 13.3 Å². The number of benzene rings is 1. The molecule has 0 saturated carbocycles. The number of likely N-dealkylation sites (tertiary alicyclic amines) is 1. The van der Waals surface area contributed by atoms with E-state index < -0.39 is 35.0 Å². The van der Waals surface area contributed by atoms with Crippen LogP contribution in [0.3, 0.4) is 0 Å². The average Bonchev–Trinajstić information content (AvgIpc) is 2.33. The van der Waals surface area contributed by atoms with Gasteiger partial charge in [-0.25, -0.2) is 13.2 Å². The third kappa shape index (κ3) is 2.35. The first kappa shape index (κ1) is 14.4. The van der Waals surface area contributed by atoms with Crippen LogP contribution in [0.4, 0.5) is 13.2 Å². The van der Waals surface area contributed by atoms with Crippen molar-refractivity contribution in [2.75, 3.05) is 13.1 Å². The van der Waals surface area contributed by atoms with Crippen LogP contribution in [0.2, 0.25) is 0 Å². The van der Waals surface area contributed by atoms with Gasteiger partial charge < -0.3 is 10.6 Å². The van der Waals surface area contributed by atoms with Crippen LogP contribution >= 0.6 is 0 Å². The van der Waals surface area contributed by atoms with Gasteiger partial charge in [-0.2, -0.15) is 0 Å². The van der Waals surface area contributed by atoms with Crippen molar-refractivity contribution in [2.24, 2.45) is 11.1 Å². The number of primary amides is 1. The number of rotatable bonds is 3. The van der Waals surface area contributed by atoms with Gasteiger partial charge in [-0.1, -0.05) is 0 Å². The molecule has 2 amide bonds. The number of carbonyl (C=O) groups is 2. The molecule has 2 N–H and O–H groups in total. The highest BCUT2D eigenvalue weighted by Crippen LogP contribution is 2.31. The molecular weight excluding hydrogens is 273 g/mol. The van der Waals surface area contributed by atoms with Crippen molar-refractivity contribution < 1.29 is 22.8 Å². The summed E-state index contributed by atoms with van der Waals surface area (Å²) < 4.78 is 38.2. The molecule has 0 spiro atoms. The largest absolute Gasteiger partial charge is 0.369 e. The molecule has 1 saturated heterocycles. The third-order valence-corrected chi connectivity index (χ3v) is 3.44. The molecule has 1 aromatic carbocycles. The van der Waals surface area contributed by atoms with E-state index in [-0.39, 0.29) is 18.7 Å². The highest BCUT2D eigenvalue weighted by molar-refractivity contribution is 5.96. The SMILES string of the molecule is CC1(C(N)=O)CN(C(=O)c2ccc(C(F)F)c(F)c2)C1. The molecule has 7 heteroatoms. The fourth-order valence-corrected chi connectivity index (χ4v) is 2.12. The van der Waals surface area contributed by atoms with Crippen molar-refractivity contribution in [3.63, 3.8) is 0 Å². The van der Waals surface area contributed by atoms with E-state index in [2.05, 4.69) is 0 Å². The predicted molar refractivity (Wildman–Crippen MR) is 64.6 cm³/mol. The summed E-state index contributed by atoms with van der Waals surface area (Å²) in [6, 6.07) is 2.82. The van der Waals surface area contributed by atoms with Crippen molar-refractivity contribution in [1.82, 2.24) is 4.90 Å². The van der Waals surface area contributed by atoms with E-state index in [9.17, 15) is 22.8 Å². The van der Waals surface area contributed by atoms with Gasteiger partial charge in [-0.3, -0.25) is 9.59 Å². The molecule has 0 aliphatic carbocycles. The summed E-state index contributed by atoms with van der Waals surface area (Å²) in [6.45, 7) is 1.90. The summed E-state index contributed by atoms with van der Waals surface area (Å²) >= 11 is 0. The van der Waals surface area contributed by atoms with Gasteiger partial charge in [0.2, 0.25) is 5.91 Å². The average molecular weight is 286 g/mol. The summed E-state index contributed by atoms with van der Waals surface area (Å²) in [5, 5.41) is 0.